The highest BCUT2D eigenvalue weighted by atomic mass is 35.5. The molecule has 0 atom stereocenters. The topological polar surface area (TPSA) is 93.1 Å². The number of hydrogen-bond donors (Lipinski definition) is 2. The number of hydrogen-bond acceptors (Lipinski definition) is 4. The number of amides is 2. The summed E-state index contributed by atoms with van der Waals surface area (Å²) in [5.41, 5.74) is 1.02. The smallest absolute Gasteiger partial charge is 0.275 e. The highest BCUT2D eigenvalue weighted by Crippen LogP contribution is 2.19. The normalized spacial score (nSPS) is 10.6. The van der Waals surface area contributed by atoms with E-state index in [0.717, 1.165) is 10.2 Å². The van der Waals surface area contributed by atoms with E-state index in [0.29, 0.717) is 21.5 Å². The van der Waals surface area contributed by atoms with Crippen molar-refractivity contribution in [2.24, 2.45) is 0 Å². The van der Waals surface area contributed by atoms with Crippen LogP contribution >= 0.6 is 11.6 Å². The molecule has 0 saturated carbocycles. The number of anilines is 1. The molecule has 0 aliphatic heterocycles. The van der Waals surface area contributed by atoms with Crippen molar-refractivity contribution in [3.63, 3.8) is 0 Å². The van der Waals surface area contributed by atoms with Gasteiger partial charge in [0.2, 0.25) is 5.91 Å². The monoisotopic (exact) mass is 384 g/mol. The minimum atomic E-state index is -0.443. The number of aryl methyl sites for hydroxylation is 1. The van der Waals surface area contributed by atoms with Crippen LogP contribution in [0.25, 0.3) is 10.8 Å². The van der Waals surface area contributed by atoms with Crippen LogP contribution < -0.4 is 16.2 Å². The van der Waals surface area contributed by atoms with Gasteiger partial charge in [-0.1, -0.05) is 29.8 Å². The molecule has 0 aliphatic rings. The van der Waals surface area contributed by atoms with Crippen LogP contribution in [0, 0.1) is 6.92 Å². The van der Waals surface area contributed by atoms with E-state index >= 15 is 0 Å². The fraction of sp³-hybridized carbons (Fsp3) is 0.158. The lowest BCUT2D eigenvalue weighted by atomic mass is 10.1. The summed E-state index contributed by atoms with van der Waals surface area (Å²) in [6.07, 6.45) is 0. The van der Waals surface area contributed by atoms with E-state index in [4.69, 9.17) is 11.6 Å². The Balaban J connectivity index is 1.96. The Labute approximate surface area is 160 Å². The van der Waals surface area contributed by atoms with Gasteiger partial charge in [0.05, 0.1) is 5.39 Å². The van der Waals surface area contributed by atoms with Crippen molar-refractivity contribution in [3.8, 4) is 0 Å². The number of aromatic nitrogens is 2. The Morgan fingerprint density at radius 1 is 1.15 bits per heavy atom. The fourth-order valence-corrected chi connectivity index (χ4v) is 2.95. The van der Waals surface area contributed by atoms with Gasteiger partial charge in [0.1, 0.15) is 6.54 Å². The summed E-state index contributed by atoms with van der Waals surface area (Å²) < 4.78 is 0.994. The first-order valence-corrected chi connectivity index (χ1v) is 8.56. The van der Waals surface area contributed by atoms with Crippen molar-refractivity contribution >= 4 is 39.9 Å². The van der Waals surface area contributed by atoms with Crippen LogP contribution in [0.3, 0.4) is 0 Å². The number of fused-ring (bicyclic) bond motifs is 1. The third-order valence-electron chi connectivity index (χ3n) is 4.07. The van der Waals surface area contributed by atoms with Crippen LogP contribution in [0.2, 0.25) is 5.02 Å². The average molecular weight is 385 g/mol. The van der Waals surface area contributed by atoms with Gasteiger partial charge in [-0.15, -0.1) is 0 Å². The van der Waals surface area contributed by atoms with Gasteiger partial charge >= 0.3 is 0 Å². The summed E-state index contributed by atoms with van der Waals surface area (Å²) in [5.74, 6) is -0.873. The van der Waals surface area contributed by atoms with Gasteiger partial charge in [0, 0.05) is 23.1 Å². The van der Waals surface area contributed by atoms with Crippen molar-refractivity contribution in [3.05, 3.63) is 69.1 Å². The molecule has 7 nitrogen and oxygen atoms in total. The van der Waals surface area contributed by atoms with Crippen LogP contribution in [0.15, 0.2) is 47.3 Å². The molecule has 138 valence electrons. The standard InChI is InChI=1S/C19H17ClN4O3/c1-11-9-12(20)7-8-15(11)22-16(25)10-24-19(27)14-6-4-3-5-13(14)17(23-24)18(26)21-2/h3-9H,10H2,1-2H3,(H,21,26)(H,22,25). The van der Waals surface area contributed by atoms with Gasteiger partial charge in [0.15, 0.2) is 5.69 Å². The van der Waals surface area contributed by atoms with E-state index in [1.165, 1.54) is 7.05 Å². The highest BCUT2D eigenvalue weighted by Gasteiger charge is 2.17. The lowest BCUT2D eigenvalue weighted by molar-refractivity contribution is -0.117. The minimum absolute atomic E-state index is 0.0863. The number of nitrogens with one attached hydrogen (secondary N) is 2. The molecule has 0 radical (unpaired) electrons. The first kappa shape index (κ1) is 18.6. The summed E-state index contributed by atoms with van der Waals surface area (Å²) >= 11 is 5.91. The summed E-state index contributed by atoms with van der Waals surface area (Å²) in [5, 5.41) is 10.6. The number of halogens is 1. The molecular formula is C19H17ClN4O3. The molecule has 0 spiro atoms. The molecule has 8 heteroatoms. The van der Waals surface area contributed by atoms with Gasteiger partial charge in [-0.25, -0.2) is 4.68 Å². The van der Waals surface area contributed by atoms with Crippen molar-refractivity contribution in [1.82, 2.24) is 15.1 Å². The molecule has 1 heterocycles. The molecule has 3 aromatic rings. The first-order chi connectivity index (χ1) is 12.9. The molecular weight excluding hydrogens is 368 g/mol. The molecule has 0 fully saturated rings. The van der Waals surface area contributed by atoms with Crippen LogP contribution in [-0.2, 0) is 11.3 Å². The van der Waals surface area contributed by atoms with Gasteiger partial charge < -0.3 is 10.6 Å². The quantitative estimate of drug-likeness (QED) is 0.722. The van der Waals surface area contributed by atoms with Gasteiger partial charge in [-0.3, -0.25) is 14.4 Å². The zero-order chi connectivity index (χ0) is 19.6. The zero-order valence-electron chi connectivity index (χ0n) is 14.7. The minimum Gasteiger partial charge on any atom is -0.354 e. The molecule has 2 N–H and O–H groups in total. The molecule has 0 unspecified atom stereocenters. The van der Waals surface area contributed by atoms with Crippen LogP contribution in [-0.4, -0.2) is 28.6 Å². The van der Waals surface area contributed by atoms with E-state index in [9.17, 15) is 14.4 Å². The Hall–Kier alpha value is -3.19. The van der Waals surface area contributed by atoms with Crippen LogP contribution in [0.1, 0.15) is 16.1 Å². The van der Waals surface area contributed by atoms with Crippen molar-refractivity contribution in [2.45, 2.75) is 13.5 Å². The highest BCUT2D eigenvalue weighted by molar-refractivity contribution is 6.30. The summed E-state index contributed by atoms with van der Waals surface area (Å²) in [6.45, 7) is 1.49. The molecule has 0 bridgehead atoms. The lowest BCUT2D eigenvalue weighted by Crippen LogP contribution is -2.33. The SMILES string of the molecule is CNC(=O)c1nn(CC(=O)Nc2ccc(Cl)cc2C)c(=O)c2ccccc12. The lowest BCUT2D eigenvalue weighted by Gasteiger charge is -2.12. The largest absolute Gasteiger partial charge is 0.354 e. The summed E-state index contributed by atoms with van der Waals surface area (Å²) in [4.78, 5) is 37.2. The Kier molecular flexibility index (Phi) is 5.23. The predicted molar refractivity (Wildman–Crippen MR) is 104 cm³/mol. The Bertz CT molecular complexity index is 1110. The third-order valence-corrected chi connectivity index (χ3v) is 4.30. The van der Waals surface area contributed by atoms with E-state index in [1.54, 1.807) is 42.5 Å². The van der Waals surface area contributed by atoms with E-state index in [2.05, 4.69) is 15.7 Å². The molecule has 0 saturated heterocycles. The maximum atomic E-state index is 12.7. The maximum absolute atomic E-state index is 12.7. The molecule has 2 amide bonds. The predicted octanol–water partition coefficient (Wildman–Crippen LogP) is 2.36. The second-order valence-electron chi connectivity index (χ2n) is 5.94. The van der Waals surface area contributed by atoms with Crippen molar-refractivity contribution < 1.29 is 9.59 Å². The van der Waals surface area contributed by atoms with Gasteiger partial charge in [-0.2, -0.15) is 5.10 Å². The Morgan fingerprint density at radius 2 is 1.85 bits per heavy atom. The molecule has 3 rings (SSSR count). The average Bonchev–Trinajstić information content (AvgIpc) is 2.65. The van der Waals surface area contributed by atoms with Crippen LogP contribution in [0.4, 0.5) is 5.69 Å². The first-order valence-electron chi connectivity index (χ1n) is 8.18. The van der Waals surface area contributed by atoms with Crippen molar-refractivity contribution in [1.29, 1.82) is 0 Å². The maximum Gasteiger partial charge on any atom is 0.275 e. The fourth-order valence-electron chi connectivity index (χ4n) is 2.72. The summed E-state index contributed by atoms with van der Waals surface area (Å²) in [6, 6.07) is 11.7. The van der Waals surface area contributed by atoms with E-state index in [1.807, 2.05) is 6.92 Å². The zero-order valence-corrected chi connectivity index (χ0v) is 15.5. The number of carbonyl (C=O) groups excluding carboxylic acids is 2. The van der Waals surface area contributed by atoms with Crippen LogP contribution in [0.5, 0.6) is 0 Å². The van der Waals surface area contributed by atoms with E-state index in [-0.39, 0.29) is 12.2 Å². The van der Waals surface area contributed by atoms with E-state index < -0.39 is 17.4 Å². The molecule has 1 aromatic heterocycles. The summed E-state index contributed by atoms with van der Waals surface area (Å²) in [7, 11) is 1.48. The molecule has 2 aromatic carbocycles. The number of carbonyl (C=O) groups is 2. The number of benzene rings is 2. The molecule has 27 heavy (non-hydrogen) atoms. The second-order valence-corrected chi connectivity index (χ2v) is 6.38. The van der Waals surface area contributed by atoms with Crippen molar-refractivity contribution in [2.75, 3.05) is 12.4 Å². The van der Waals surface area contributed by atoms with Gasteiger partial charge in [0.25, 0.3) is 11.5 Å². The third kappa shape index (κ3) is 3.83. The second kappa shape index (κ2) is 7.59. The Morgan fingerprint density at radius 3 is 2.52 bits per heavy atom. The van der Waals surface area contributed by atoms with Gasteiger partial charge in [-0.05, 0) is 36.8 Å². The number of nitrogens with zero attached hydrogens (tertiary/aromatic N) is 2. The molecule has 0 aliphatic carbocycles. The number of rotatable bonds is 4.